The first kappa shape index (κ1) is 17.8. The van der Waals surface area contributed by atoms with Crippen LogP contribution in [0, 0.1) is 0 Å². The van der Waals surface area contributed by atoms with Crippen LogP contribution in [0.1, 0.15) is 48.0 Å². The number of nitrogens with zero attached hydrogens (tertiary/aromatic N) is 1. The van der Waals surface area contributed by atoms with E-state index in [1.165, 1.54) is 31.4 Å². The number of benzene rings is 1. The lowest BCUT2D eigenvalue weighted by Crippen LogP contribution is -2.31. The SMILES string of the molecule is O=C(NCCCCN1CCCCC1)c1ccc(C(F)(F)F)cc1. The summed E-state index contributed by atoms with van der Waals surface area (Å²) in [4.78, 5) is 14.3. The van der Waals surface area contributed by atoms with Crippen LogP contribution in [0.2, 0.25) is 0 Å². The number of amides is 1. The number of hydrogen-bond donors (Lipinski definition) is 1. The fraction of sp³-hybridized carbons (Fsp3) is 0.588. The molecule has 1 aliphatic heterocycles. The van der Waals surface area contributed by atoms with E-state index in [2.05, 4.69) is 10.2 Å². The molecule has 1 aromatic rings. The Balaban J connectivity index is 1.66. The van der Waals surface area contributed by atoms with Gasteiger partial charge in [-0.15, -0.1) is 0 Å². The van der Waals surface area contributed by atoms with Crippen LogP contribution in [0.3, 0.4) is 0 Å². The number of likely N-dealkylation sites (tertiary alicyclic amines) is 1. The molecule has 1 amide bonds. The van der Waals surface area contributed by atoms with E-state index >= 15 is 0 Å². The summed E-state index contributed by atoms with van der Waals surface area (Å²) in [6, 6.07) is 4.30. The fourth-order valence-corrected chi connectivity index (χ4v) is 2.76. The number of unbranched alkanes of at least 4 members (excludes halogenated alkanes) is 1. The van der Waals surface area contributed by atoms with Gasteiger partial charge in [0.15, 0.2) is 0 Å². The van der Waals surface area contributed by atoms with Crippen molar-refractivity contribution in [2.75, 3.05) is 26.2 Å². The van der Waals surface area contributed by atoms with Gasteiger partial charge in [0.2, 0.25) is 0 Å². The van der Waals surface area contributed by atoms with Gasteiger partial charge in [0.05, 0.1) is 5.56 Å². The molecule has 0 saturated carbocycles. The summed E-state index contributed by atoms with van der Waals surface area (Å²) in [6.45, 7) is 3.93. The molecule has 2 rings (SSSR count). The molecule has 0 aromatic heterocycles. The van der Waals surface area contributed by atoms with Crippen LogP contribution in [-0.4, -0.2) is 37.0 Å². The Morgan fingerprint density at radius 2 is 1.70 bits per heavy atom. The molecule has 0 bridgehead atoms. The van der Waals surface area contributed by atoms with Crippen molar-refractivity contribution < 1.29 is 18.0 Å². The number of rotatable bonds is 6. The highest BCUT2D eigenvalue weighted by molar-refractivity contribution is 5.94. The normalized spacial score (nSPS) is 16.3. The van der Waals surface area contributed by atoms with Gasteiger partial charge in [0, 0.05) is 12.1 Å². The zero-order chi connectivity index (χ0) is 16.7. The Morgan fingerprint density at radius 1 is 1.04 bits per heavy atom. The molecular weight excluding hydrogens is 305 g/mol. The van der Waals surface area contributed by atoms with Gasteiger partial charge in [0.25, 0.3) is 5.91 Å². The second kappa shape index (κ2) is 8.34. The van der Waals surface area contributed by atoms with Gasteiger partial charge in [-0.1, -0.05) is 6.42 Å². The molecule has 1 aliphatic rings. The Labute approximate surface area is 134 Å². The summed E-state index contributed by atoms with van der Waals surface area (Å²) in [5.41, 5.74) is -0.482. The smallest absolute Gasteiger partial charge is 0.352 e. The first-order valence-electron chi connectivity index (χ1n) is 8.14. The van der Waals surface area contributed by atoms with Crippen molar-refractivity contribution in [3.63, 3.8) is 0 Å². The summed E-state index contributed by atoms with van der Waals surface area (Å²) < 4.78 is 37.4. The van der Waals surface area contributed by atoms with Gasteiger partial charge >= 0.3 is 6.18 Å². The van der Waals surface area contributed by atoms with E-state index in [4.69, 9.17) is 0 Å². The predicted octanol–water partition coefficient (Wildman–Crippen LogP) is 3.70. The summed E-state index contributed by atoms with van der Waals surface area (Å²) in [5.74, 6) is -0.323. The van der Waals surface area contributed by atoms with Gasteiger partial charge in [-0.25, -0.2) is 0 Å². The molecule has 6 heteroatoms. The molecule has 1 N–H and O–H groups in total. The highest BCUT2D eigenvalue weighted by Gasteiger charge is 2.30. The third kappa shape index (κ3) is 5.86. The first-order valence-corrected chi connectivity index (χ1v) is 8.14. The number of carbonyl (C=O) groups excluding carboxylic acids is 1. The van der Waals surface area contributed by atoms with E-state index in [0.29, 0.717) is 6.54 Å². The first-order chi connectivity index (χ1) is 11.0. The monoisotopic (exact) mass is 328 g/mol. The van der Waals surface area contributed by atoms with E-state index in [-0.39, 0.29) is 11.5 Å². The summed E-state index contributed by atoms with van der Waals surface area (Å²) >= 11 is 0. The maximum Gasteiger partial charge on any atom is 0.416 e. The largest absolute Gasteiger partial charge is 0.416 e. The number of carbonyl (C=O) groups is 1. The Kier molecular flexibility index (Phi) is 6.45. The average molecular weight is 328 g/mol. The second-order valence-electron chi connectivity index (χ2n) is 5.94. The molecule has 1 heterocycles. The highest BCUT2D eigenvalue weighted by Crippen LogP contribution is 2.29. The summed E-state index contributed by atoms with van der Waals surface area (Å²) in [5, 5.41) is 2.76. The van der Waals surface area contributed by atoms with Crippen molar-refractivity contribution in [2.45, 2.75) is 38.3 Å². The van der Waals surface area contributed by atoms with E-state index < -0.39 is 11.7 Å². The Morgan fingerprint density at radius 3 is 2.30 bits per heavy atom. The van der Waals surface area contributed by atoms with E-state index in [1.807, 2.05) is 0 Å². The topological polar surface area (TPSA) is 32.3 Å². The molecule has 1 fully saturated rings. The van der Waals surface area contributed by atoms with Crippen LogP contribution < -0.4 is 5.32 Å². The van der Waals surface area contributed by atoms with E-state index in [1.54, 1.807) is 0 Å². The van der Waals surface area contributed by atoms with Crippen LogP contribution in [0.5, 0.6) is 0 Å². The Hall–Kier alpha value is -1.56. The van der Waals surface area contributed by atoms with Gasteiger partial charge in [-0.05, 0) is 69.6 Å². The predicted molar refractivity (Wildman–Crippen MR) is 83.3 cm³/mol. The Bertz CT molecular complexity index is 494. The standard InChI is InChI=1S/C17H23F3N2O/c18-17(19,20)15-8-6-14(7-9-15)16(23)21-10-2-5-13-22-11-3-1-4-12-22/h6-9H,1-5,10-13H2,(H,21,23). The van der Waals surface area contributed by atoms with Crippen LogP contribution in [-0.2, 0) is 6.18 Å². The maximum atomic E-state index is 12.5. The quantitative estimate of drug-likeness (QED) is 0.808. The van der Waals surface area contributed by atoms with E-state index in [0.717, 1.165) is 44.6 Å². The minimum Gasteiger partial charge on any atom is -0.352 e. The zero-order valence-corrected chi connectivity index (χ0v) is 13.2. The lowest BCUT2D eigenvalue weighted by molar-refractivity contribution is -0.137. The van der Waals surface area contributed by atoms with Gasteiger partial charge < -0.3 is 10.2 Å². The number of alkyl halides is 3. The van der Waals surface area contributed by atoms with Crippen LogP contribution in [0.15, 0.2) is 24.3 Å². The van der Waals surface area contributed by atoms with Crippen LogP contribution in [0.4, 0.5) is 13.2 Å². The number of halogens is 3. The van der Waals surface area contributed by atoms with Crippen molar-refractivity contribution >= 4 is 5.91 Å². The molecule has 0 atom stereocenters. The molecule has 0 radical (unpaired) electrons. The molecule has 0 spiro atoms. The molecule has 1 aromatic carbocycles. The average Bonchev–Trinajstić information content (AvgIpc) is 2.54. The lowest BCUT2D eigenvalue weighted by atomic mass is 10.1. The molecule has 0 aliphatic carbocycles. The van der Waals surface area contributed by atoms with Gasteiger partial charge in [0.1, 0.15) is 0 Å². The van der Waals surface area contributed by atoms with Crippen LogP contribution in [0.25, 0.3) is 0 Å². The van der Waals surface area contributed by atoms with Gasteiger partial charge in [-0.2, -0.15) is 13.2 Å². The van der Waals surface area contributed by atoms with Crippen molar-refractivity contribution in [3.05, 3.63) is 35.4 Å². The summed E-state index contributed by atoms with van der Waals surface area (Å²) in [6.07, 6.45) is 1.38. The van der Waals surface area contributed by atoms with Crippen molar-refractivity contribution in [1.82, 2.24) is 10.2 Å². The number of nitrogens with one attached hydrogen (secondary N) is 1. The van der Waals surface area contributed by atoms with Crippen LogP contribution >= 0.6 is 0 Å². The minimum atomic E-state index is -4.37. The minimum absolute atomic E-state index is 0.258. The summed E-state index contributed by atoms with van der Waals surface area (Å²) in [7, 11) is 0. The highest BCUT2D eigenvalue weighted by atomic mass is 19.4. The van der Waals surface area contributed by atoms with E-state index in [9.17, 15) is 18.0 Å². The zero-order valence-electron chi connectivity index (χ0n) is 13.2. The van der Waals surface area contributed by atoms with Crippen molar-refractivity contribution in [1.29, 1.82) is 0 Å². The maximum absolute atomic E-state index is 12.5. The second-order valence-corrected chi connectivity index (χ2v) is 5.94. The van der Waals surface area contributed by atoms with Gasteiger partial charge in [-0.3, -0.25) is 4.79 Å². The molecule has 3 nitrogen and oxygen atoms in total. The van der Waals surface area contributed by atoms with Crippen molar-refractivity contribution in [2.24, 2.45) is 0 Å². The molecular formula is C17H23F3N2O. The number of hydrogen-bond acceptors (Lipinski definition) is 2. The molecule has 0 unspecified atom stereocenters. The van der Waals surface area contributed by atoms with Crippen molar-refractivity contribution in [3.8, 4) is 0 Å². The lowest BCUT2D eigenvalue weighted by Gasteiger charge is -2.26. The molecule has 23 heavy (non-hydrogen) atoms. The molecule has 1 saturated heterocycles. The number of piperidine rings is 1. The third-order valence-corrected chi connectivity index (χ3v) is 4.11. The third-order valence-electron chi connectivity index (χ3n) is 4.11. The fourth-order valence-electron chi connectivity index (χ4n) is 2.76. The molecule has 128 valence electrons.